The molecule has 0 heterocycles. The second-order valence-electron chi connectivity index (χ2n) is 7.96. The van der Waals surface area contributed by atoms with Crippen LogP contribution < -0.4 is 0 Å². The van der Waals surface area contributed by atoms with Crippen molar-refractivity contribution >= 4 is 14.3 Å². The van der Waals surface area contributed by atoms with Crippen LogP contribution in [0.5, 0.6) is 0 Å². The molecule has 152 valence electrons. The van der Waals surface area contributed by atoms with Crippen LogP contribution in [0.2, 0.25) is 19.6 Å². The number of unbranched alkanes of at least 4 members (excludes halogenated alkanes) is 7. The molecule has 3 nitrogen and oxygen atoms in total. The number of hydrogen-bond donors (Lipinski definition) is 0. The van der Waals surface area contributed by atoms with Gasteiger partial charge in [0, 0.05) is 6.42 Å². The van der Waals surface area contributed by atoms with Crippen molar-refractivity contribution in [2.24, 2.45) is 0 Å². The van der Waals surface area contributed by atoms with E-state index in [9.17, 15) is 4.79 Å². The molecule has 0 aliphatic carbocycles. The van der Waals surface area contributed by atoms with Crippen LogP contribution in [0.3, 0.4) is 0 Å². The van der Waals surface area contributed by atoms with E-state index in [-0.39, 0.29) is 12.1 Å². The van der Waals surface area contributed by atoms with E-state index >= 15 is 0 Å². The van der Waals surface area contributed by atoms with Gasteiger partial charge < -0.3 is 9.16 Å². The van der Waals surface area contributed by atoms with Crippen LogP contribution in [0, 0.1) is 0 Å². The van der Waals surface area contributed by atoms with Gasteiger partial charge in [0.25, 0.3) is 0 Å². The van der Waals surface area contributed by atoms with Gasteiger partial charge in [-0.05, 0) is 45.3 Å². The molecule has 0 aromatic rings. The quantitative estimate of drug-likeness (QED) is 0.127. The predicted octanol–water partition coefficient (Wildman–Crippen LogP) is 6.80. The van der Waals surface area contributed by atoms with Crippen molar-refractivity contribution in [3.63, 3.8) is 0 Å². The van der Waals surface area contributed by atoms with E-state index in [0.717, 1.165) is 19.3 Å². The third-order valence-electron chi connectivity index (χ3n) is 4.15. The lowest BCUT2D eigenvalue weighted by molar-refractivity contribution is -0.140. The summed E-state index contributed by atoms with van der Waals surface area (Å²) in [6.07, 6.45) is 21.3. The van der Waals surface area contributed by atoms with Gasteiger partial charge in [0.05, 0.1) is 13.2 Å². The third kappa shape index (κ3) is 17.9. The van der Waals surface area contributed by atoms with Gasteiger partial charge in [0.2, 0.25) is 0 Å². The summed E-state index contributed by atoms with van der Waals surface area (Å²) in [5.41, 5.74) is 0. The third-order valence-corrected chi connectivity index (χ3v) is 5.16. The highest BCUT2D eigenvalue weighted by Crippen LogP contribution is 2.16. The van der Waals surface area contributed by atoms with Crippen LogP contribution in [-0.2, 0) is 14.0 Å². The SMILES string of the molecule is CCCCC/C=C/C=C/C(CCCCCCCC(=O)OC)O[Si](C)(C)C. The van der Waals surface area contributed by atoms with E-state index in [4.69, 9.17) is 4.43 Å². The van der Waals surface area contributed by atoms with Crippen molar-refractivity contribution in [1.29, 1.82) is 0 Å². The Morgan fingerprint density at radius 3 is 2.31 bits per heavy atom. The lowest BCUT2D eigenvalue weighted by Crippen LogP contribution is -2.31. The number of hydrogen-bond acceptors (Lipinski definition) is 3. The van der Waals surface area contributed by atoms with Gasteiger partial charge in [0.1, 0.15) is 0 Å². The average Bonchev–Trinajstić information content (AvgIpc) is 2.58. The molecular formula is C22H42O3Si. The van der Waals surface area contributed by atoms with E-state index in [1.54, 1.807) is 0 Å². The Hall–Kier alpha value is -0.873. The second kappa shape index (κ2) is 16.3. The summed E-state index contributed by atoms with van der Waals surface area (Å²) in [7, 11) is -0.0778. The monoisotopic (exact) mass is 382 g/mol. The Labute approximate surface area is 163 Å². The minimum absolute atomic E-state index is 0.0958. The number of allylic oxidation sites excluding steroid dienone is 3. The average molecular weight is 383 g/mol. The van der Waals surface area contributed by atoms with Crippen molar-refractivity contribution in [2.75, 3.05) is 7.11 Å². The molecule has 0 spiro atoms. The molecule has 0 aliphatic heterocycles. The molecule has 26 heavy (non-hydrogen) atoms. The smallest absolute Gasteiger partial charge is 0.305 e. The fourth-order valence-electron chi connectivity index (χ4n) is 2.77. The molecule has 1 atom stereocenters. The van der Waals surface area contributed by atoms with Gasteiger partial charge >= 0.3 is 5.97 Å². The van der Waals surface area contributed by atoms with Crippen molar-refractivity contribution in [3.8, 4) is 0 Å². The van der Waals surface area contributed by atoms with Crippen molar-refractivity contribution < 1.29 is 14.0 Å². The molecule has 0 N–H and O–H groups in total. The van der Waals surface area contributed by atoms with Crippen LogP contribution in [0.25, 0.3) is 0 Å². The molecule has 1 unspecified atom stereocenters. The number of ether oxygens (including phenoxy) is 1. The van der Waals surface area contributed by atoms with Gasteiger partial charge in [-0.2, -0.15) is 0 Å². The summed E-state index contributed by atoms with van der Waals surface area (Å²) in [6.45, 7) is 8.99. The van der Waals surface area contributed by atoms with Gasteiger partial charge in [-0.3, -0.25) is 4.79 Å². The summed E-state index contributed by atoms with van der Waals surface area (Å²) < 4.78 is 11.0. The first-order chi connectivity index (χ1) is 12.4. The molecule has 0 radical (unpaired) electrons. The second-order valence-corrected chi connectivity index (χ2v) is 12.4. The fourth-order valence-corrected chi connectivity index (χ4v) is 3.88. The summed E-state index contributed by atoms with van der Waals surface area (Å²) in [5.74, 6) is -0.0958. The predicted molar refractivity (Wildman–Crippen MR) is 115 cm³/mol. The molecule has 0 aromatic carbocycles. The van der Waals surface area contributed by atoms with Crippen molar-refractivity contribution in [1.82, 2.24) is 0 Å². The number of methoxy groups -OCH3 is 1. The molecule has 0 aliphatic rings. The molecule has 4 heteroatoms. The Morgan fingerprint density at radius 2 is 1.65 bits per heavy atom. The van der Waals surface area contributed by atoms with Gasteiger partial charge in [-0.25, -0.2) is 0 Å². The maximum Gasteiger partial charge on any atom is 0.305 e. The Morgan fingerprint density at radius 1 is 0.962 bits per heavy atom. The van der Waals surface area contributed by atoms with Gasteiger partial charge in [0.15, 0.2) is 8.32 Å². The van der Waals surface area contributed by atoms with Crippen LogP contribution in [0.15, 0.2) is 24.3 Å². The van der Waals surface area contributed by atoms with Crippen LogP contribution in [-0.4, -0.2) is 27.5 Å². The topological polar surface area (TPSA) is 35.5 Å². The van der Waals surface area contributed by atoms with E-state index in [2.05, 4.69) is 55.6 Å². The van der Waals surface area contributed by atoms with E-state index in [1.165, 1.54) is 52.1 Å². The number of rotatable bonds is 16. The Bertz CT molecular complexity index is 397. The first-order valence-corrected chi connectivity index (χ1v) is 13.9. The molecule has 0 fully saturated rings. The first-order valence-electron chi connectivity index (χ1n) is 10.5. The molecular weight excluding hydrogens is 340 g/mol. The first kappa shape index (κ1) is 25.1. The lowest BCUT2D eigenvalue weighted by atomic mass is 10.1. The standard InChI is InChI=1S/C22H42O3Si/c1-6-7-8-9-10-12-15-18-21(25-26(3,4)5)19-16-13-11-14-17-20-22(23)24-2/h10,12,15,18,21H,6-9,11,13-14,16-17,19-20H2,1-5H3/b12-10+,18-15+. The zero-order chi connectivity index (χ0) is 19.7. The van der Waals surface area contributed by atoms with E-state index < -0.39 is 8.32 Å². The summed E-state index contributed by atoms with van der Waals surface area (Å²) in [5, 5.41) is 0. The lowest BCUT2D eigenvalue weighted by Gasteiger charge is -2.24. The molecule has 0 saturated carbocycles. The zero-order valence-corrected chi connectivity index (χ0v) is 18.9. The summed E-state index contributed by atoms with van der Waals surface area (Å²) in [4.78, 5) is 11.1. The fraction of sp³-hybridized carbons (Fsp3) is 0.773. The van der Waals surface area contributed by atoms with Crippen LogP contribution in [0.4, 0.5) is 0 Å². The van der Waals surface area contributed by atoms with Crippen LogP contribution >= 0.6 is 0 Å². The van der Waals surface area contributed by atoms with E-state index in [1.807, 2.05) is 0 Å². The molecule has 0 aromatic heterocycles. The maximum atomic E-state index is 11.1. The minimum Gasteiger partial charge on any atom is -0.469 e. The normalized spacial score (nSPS) is 13.6. The number of carbonyl (C=O) groups is 1. The van der Waals surface area contributed by atoms with Gasteiger partial charge in [-0.15, -0.1) is 0 Å². The molecule has 0 amide bonds. The molecule has 0 bridgehead atoms. The highest BCUT2D eigenvalue weighted by atomic mass is 28.4. The molecule has 0 saturated heterocycles. The van der Waals surface area contributed by atoms with Gasteiger partial charge in [-0.1, -0.05) is 69.8 Å². The highest BCUT2D eigenvalue weighted by molar-refractivity contribution is 6.69. The summed E-state index contributed by atoms with van der Waals surface area (Å²) in [6, 6.07) is 0. The maximum absolute atomic E-state index is 11.1. The Balaban J connectivity index is 4.05. The highest BCUT2D eigenvalue weighted by Gasteiger charge is 2.18. The number of carbonyl (C=O) groups excluding carboxylic acids is 1. The van der Waals surface area contributed by atoms with Crippen LogP contribution in [0.1, 0.15) is 77.6 Å². The van der Waals surface area contributed by atoms with Crippen molar-refractivity contribution in [2.45, 2.75) is 103 Å². The zero-order valence-electron chi connectivity index (χ0n) is 17.9. The molecule has 0 rings (SSSR count). The number of esters is 1. The minimum atomic E-state index is -1.53. The largest absolute Gasteiger partial charge is 0.469 e. The summed E-state index contributed by atoms with van der Waals surface area (Å²) >= 11 is 0. The van der Waals surface area contributed by atoms with E-state index in [0.29, 0.717) is 6.42 Å². The van der Waals surface area contributed by atoms with Crippen molar-refractivity contribution in [3.05, 3.63) is 24.3 Å². The Kier molecular flexibility index (Phi) is 15.8.